The molecule has 14 heavy (non-hydrogen) atoms. The van der Waals surface area contributed by atoms with E-state index >= 15 is 0 Å². The van der Waals surface area contributed by atoms with Crippen LogP contribution in [0.2, 0.25) is 0 Å². The average Bonchev–Trinajstić information content (AvgIpc) is 2.59. The predicted molar refractivity (Wildman–Crippen MR) is 51.7 cm³/mol. The molecule has 5 aliphatic rings. The zero-order valence-corrected chi connectivity index (χ0v) is 8.55. The van der Waals surface area contributed by atoms with Gasteiger partial charge in [-0.25, -0.2) is 0 Å². The Bertz CT molecular complexity index is 276. The summed E-state index contributed by atoms with van der Waals surface area (Å²) in [4.78, 5) is 0. The summed E-state index contributed by atoms with van der Waals surface area (Å²) in [6.07, 6.45) is 8.75. The number of hydrogen-bond donors (Lipinski definition) is 2. The van der Waals surface area contributed by atoms with Crippen molar-refractivity contribution in [3.8, 4) is 0 Å². The summed E-state index contributed by atoms with van der Waals surface area (Å²) in [6.45, 7) is 0. The minimum absolute atomic E-state index is 0.342. The van der Waals surface area contributed by atoms with Gasteiger partial charge in [-0.3, -0.25) is 0 Å². The lowest BCUT2D eigenvalue weighted by Crippen LogP contribution is -2.44. The SMILES string of the molecule is OC12CC34CCCCC3(C1)CC2(O)C4. The first-order valence-corrected chi connectivity index (χ1v) is 5.98. The largest absolute Gasteiger partial charge is 0.387 e. The van der Waals surface area contributed by atoms with Gasteiger partial charge in [-0.1, -0.05) is 12.8 Å². The van der Waals surface area contributed by atoms with E-state index in [9.17, 15) is 10.2 Å². The van der Waals surface area contributed by atoms with E-state index in [1.165, 1.54) is 25.7 Å². The Balaban J connectivity index is 1.93. The Morgan fingerprint density at radius 3 is 1.36 bits per heavy atom. The van der Waals surface area contributed by atoms with Crippen LogP contribution in [0.4, 0.5) is 0 Å². The van der Waals surface area contributed by atoms with E-state index in [0.29, 0.717) is 10.8 Å². The Hall–Kier alpha value is -0.0800. The van der Waals surface area contributed by atoms with Gasteiger partial charge in [0.25, 0.3) is 0 Å². The van der Waals surface area contributed by atoms with Crippen molar-refractivity contribution in [2.45, 2.75) is 62.6 Å². The topological polar surface area (TPSA) is 40.5 Å². The number of hydrogen-bond acceptors (Lipinski definition) is 2. The van der Waals surface area contributed by atoms with E-state index in [-0.39, 0.29) is 0 Å². The smallest absolute Gasteiger partial charge is 0.0944 e. The molecule has 0 radical (unpaired) electrons. The fourth-order valence-corrected chi connectivity index (χ4v) is 5.71. The standard InChI is InChI=1S/C12H18O2/c13-11-5-9-3-1-2-4-10(9,7-11)8-12(11,14)6-9/h13-14H,1-8H2. The van der Waals surface area contributed by atoms with Crippen LogP contribution in [0, 0.1) is 10.8 Å². The molecule has 5 saturated carbocycles. The van der Waals surface area contributed by atoms with Gasteiger partial charge in [-0.15, -0.1) is 0 Å². The maximum atomic E-state index is 10.5. The highest BCUT2D eigenvalue weighted by Gasteiger charge is 2.83. The highest BCUT2D eigenvalue weighted by atomic mass is 16.4. The van der Waals surface area contributed by atoms with E-state index < -0.39 is 11.2 Å². The molecule has 0 atom stereocenters. The maximum Gasteiger partial charge on any atom is 0.0944 e. The Labute approximate surface area is 84.3 Å². The molecule has 0 unspecified atom stereocenters. The fourth-order valence-electron chi connectivity index (χ4n) is 5.71. The molecule has 5 fully saturated rings. The summed E-state index contributed by atoms with van der Waals surface area (Å²) in [5, 5.41) is 21.0. The van der Waals surface area contributed by atoms with Gasteiger partial charge in [0.05, 0.1) is 11.2 Å². The van der Waals surface area contributed by atoms with Gasteiger partial charge in [0.2, 0.25) is 0 Å². The molecule has 0 saturated heterocycles. The maximum absolute atomic E-state index is 10.5. The van der Waals surface area contributed by atoms with Gasteiger partial charge in [-0.2, -0.15) is 0 Å². The highest BCUT2D eigenvalue weighted by molar-refractivity contribution is 5.34. The number of rotatable bonds is 0. The van der Waals surface area contributed by atoms with Crippen molar-refractivity contribution in [2.24, 2.45) is 10.8 Å². The molecule has 0 amide bonds. The lowest BCUT2D eigenvalue weighted by molar-refractivity contribution is -0.107. The summed E-state index contributed by atoms with van der Waals surface area (Å²) >= 11 is 0. The Morgan fingerprint density at radius 2 is 1.00 bits per heavy atom. The quantitative estimate of drug-likeness (QED) is 0.615. The normalized spacial score (nSPS) is 69.0. The van der Waals surface area contributed by atoms with Crippen molar-refractivity contribution in [2.75, 3.05) is 0 Å². The van der Waals surface area contributed by atoms with E-state index in [1.54, 1.807) is 0 Å². The molecule has 2 N–H and O–H groups in total. The summed E-state index contributed by atoms with van der Waals surface area (Å²) in [5.74, 6) is 0. The van der Waals surface area contributed by atoms with Crippen LogP contribution in [0.1, 0.15) is 51.4 Å². The van der Waals surface area contributed by atoms with Crippen molar-refractivity contribution < 1.29 is 10.2 Å². The molecule has 5 rings (SSSR count). The molecular weight excluding hydrogens is 176 g/mol. The summed E-state index contributed by atoms with van der Waals surface area (Å²) in [7, 11) is 0. The lowest BCUT2D eigenvalue weighted by atomic mass is 9.60. The molecule has 78 valence electrons. The zero-order chi connectivity index (χ0) is 9.66. The summed E-state index contributed by atoms with van der Waals surface area (Å²) in [6, 6.07) is 0. The molecule has 0 aliphatic heterocycles. The molecule has 0 aromatic carbocycles. The minimum atomic E-state index is -0.697. The van der Waals surface area contributed by atoms with Gasteiger partial charge < -0.3 is 10.2 Å². The van der Waals surface area contributed by atoms with Gasteiger partial charge >= 0.3 is 0 Å². The first-order chi connectivity index (χ1) is 6.54. The predicted octanol–water partition coefficient (Wildman–Crippen LogP) is 1.60. The molecular formula is C12H18O2. The first-order valence-electron chi connectivity index (χ1n) is 5.98. The van der Waals surface area contributed by atoms with E-state index in [4.69, 9.17) is 0 Å². The van der Waals surface area contributed by atoms with Crippen molar-refractivity contribution >= 4 is 0 Å². The van der Waals surface area contributed by atoms with Crippen LogP contribution in [-0.4, -0.2) is 21.4 Å². The van der Waals surface area contributed by atoms with Crippen LogP contribution >= 0.6 is 0 Å². The second-order valence-corrected chi connectivity index (χ2v) is 6.54. The molecule has 2 nitrogen and oxygen atoms in total. The molecule has 5 aliphatic carbocycles. The summed E-state index contributed by atoms with van der Waals surface area (Å²) < 4.78 is 0. The third kappa shape index (κ3) is 0.548. The fraction of sp³-hybridized carbons (Fsp3) is 1.00. The second-order valence-electron chi connectivity index (χ2n) is 6.54. The monoisotopic (exact) mass is 194 g/mol. The second kappa shape index (κ2) is 1.80. The minimum Gasteiger partial charge on any atom is -0.387 e. The van der Waals surface area contributed by atoms with Gasteiger partial charge in [0, 0.05) is 0 Å². The van der Waals surface area contributed by atoms with Crippen molar-refractivity contribution in [3.63, 3.8) is 0 Å². The van der Waals surface area contributed by atoms with Crippen LogP contribution < -0.4 is 0 Å². The molecule has 2 spiro atoms. The van der Waals surface area contributed by atoms with Crippen molar-refractivity contribution in [1.29, 1.82) is 0 Å². The van der Waals surface area contributed by atoms with Crippen LogP contribution in [-0.2, 0) is 0 Å². The van der Waals surface area contributed by atoms with Crippen LogP contribution in [0.25, 0.3) is 0 Å². The van der Waals surface area contributed by atoms with E-state index in [0.717, 1.165) is 25.7 Å². The average molecular weight is 194 g/mol. The van der Waals surface area contributed by atoms with E-state index in [2.05, 4.69) is 0 Å². The molecule has 0 aromatic heterocycles. The molecule has 4 bridgehead atoms. The third-order valence-electron chi connectivity index (χ3n) is 6.08. The van der Waals surface area contributed by atoms with Crippen LogP contribution in [0.15, 0.2) is 0 Å². The lowest BCUT2D eigenvalue weighted by Gasteiger charge is -2.44. The number of aliphatic hydroxyl groups is 2. The van der Waals surface area contributed by atoms with Crippen LogP contribution in [0.3, 0.4) is 0 Å². The zero-order valence-electron chi connectivity index (χ0n) is 8.55. The highest BCUT2D eigenvalue weighted by Crippen LogP contribution is 2.83. The Kier molecular flexibility index (Phi) is 1.04. The van der Waals surface area contributed by atoms with E-state index in [1.807, 2.05) is 0 Å². The van der Waals surface area contributed by atoms with Gasteiger partial charge in [-0.05, 0) is 49.4 Å². The Morgan fingerprint density at radius 1 is 0.643 bits per heavy atom. The molecule has 0 aromatic rings. The van der Waals surface area contributed by atoms with Crippen LogP contribution in [0.5, 0.6) is 0 Å². The van der Waals surface area contributed by atoms with Crippen molar-refractivity contribution in [3.05, 3.63) is 0 Å². The summed E-state index contributed by atoms with van der Waals surface area (Å²) in [5.41, 5.74) is -0.710. The van der Waals surface area contributed by atoms with Crippen molar-refractivity contribution in [1.82, 2.24) is 0 Å². The van der Waals surface area contributed by atoms with Gasteiger partial charge in [0.15, 0.2) is 0 Å². The first kappa shape index (κ1) is 8.12. The molecule has 0 heterocycles. The van der Waals surface area contributed by atoms with Gasteiger partial charge in [0.1, 0.15) is 0 Å². The third-order valence-corrected chi connectivity index (χ3v) is 6.08. The molecule has 2 heteroatoms.